The van der Waals surface area contributed by atoms with Gasteiger partial charge in [0.05, 0.1) is 5.56 Å². The molecule has 1 aromatic carbocycles. The highest BCUT2D eigenvalue weighted by molar-refractivity contribution is 5.94. The molecule has 0 atom stereocenters. The molecule has 1 aliphatic rings. The zero-order valence-electron chi connectivity index (χ0n) is 11.0. The van der Waals surface area contributed by atoms with Crippen molar-refractivity contribution in [2.45, 2.75) is 25.7 Å². The summed E-state index contributed by atoms with van der Waals surface area (Å²) in [6.07, 6.45) is 1.85. The minimum atomic E-state index is -0.352. The molecule has 0 aromatic heterocycles. The van der Waals surface area contributed by atoms with Crippen molar-refractivity contribution in [1.82, 2.24) is 10.6 Å². The predicted octanol–water partition coefficient (Wildman–Crippen LogP) is 2.46. The first-order chi connectivity index (χ1) is 8.74. The van der Waals surface area contributed by atoms with E-state index in [-0.39, 0.29) is 35.6 Å². The lowest BCUT2D eigenvalue weighted by atomic mass is 9.88. The van der Waals surface area contributed by atoms with Crippen molar-refractivity contribution in [3.63, 3.8) is 0 Å². The van der Waals surface area contributed by atoms with Crippen LogP contribution < -0.4 is 10.6 Å². The summed E-state index contributed by atoms with van der Waals surface area (Å²) in [5, 5.41) is 5.90. The van der Waals surface area contributed by atoms with Crippen molar-refractivity contribution in [3.05, 3.63) is 35.1 Å². The van der Waals surface area contributed by atoms with Gasteiger partial charge in [-0.05, 0) is 50.4 Å². The predicted molar refractivity (Wildman–Crippen MR) is 76.5 cm³/mol. The molecule has 1 heterocycles. The number of piperidine rings is 1. The van der Waals surface area contributed by atoms with Crippen LogP contribution in [0.4, 0.5) is 4.39 Å². The van der Waals surface area contributed by atoms with Gasteiger partial charge in [0.1, 0.15) is 5.82 Å². The van der Waals surface area contributed by atoms with Crippen LogP contribution in [0.2, 0.25) is 0 Å². The molecule has 1 saturated heterocycles. The minimum absolute atomic E-state index is 0. The van der Waals surface area contributed by atoms with Crippen LogP contribution in [0.1, 0.15) is 41.6 Å². The zero-order valence-corrected chi connectivity index (χ0v) is 11.9. The Balaban J connectivity index is 0.00000180. The lowest BCUT2D eigenvalue weighted by molar-refractivity contribution is 0.0951. The summed E-state index contributed by atoms with van der Waals surface area (Å²) in [6.45, 7) is 4.16. The summed E-state index contributed by atoms with van der Waals surface area (Å²) in [5.41, 5.74) is 0.841. The van der Waals surface area contributed by atoms with E-state index in [1.807, 2.05) is 6.92 Å². The summed E-state index contributed by atoms with van der Waals surface area (Å²) < 4.78 is 14.3. The first-order valence-electron chi connectivity index (χ1n) is 6.51. The Morgan fingerprint density at radius 3 is 2.74 bits per heavy atom. The maximum atomic E-state index is 14.3. The summed E-state index contributed by atoms with van der Waals surface area (Å²) in [5.74, 6) is -0.457. The van der Waals surface area contributed by atoms with Gasteiger partial charge in [0.2, 0.25) is 0 Å². The first-order valence-corrected chi connectivity index (χ1v) is 6.51. The highest BCUT2D eigenvalue weighted by atomic mass is 35.5. The van der Waals surface area contributed by atoms with Crippen molar-refractivity contribution >= 4 is 18.3 Å². The van der Waals surface area contributed by atoms with Gasteiger partial charge in [-0.1, -0.05) is 12.1 Å². The van der Waals surface area contributed by atoms with Crippen LogP contribution in [0, 0.1) is 5.82 Å². The van der Waals surface area contributed by atoms with Gasteiger partial charge in [0, 0.05) is 6.54 Å². The minimum Gasteiger partial charge on any atom is -0.352 e. The molecule has 2 rings (SSSR count). The number of halogens is 2. The Morgan fingerprint density at radius 1 is 1.42 bits per heavy atom. The molecule has 1 aliphatic heterocycles. The van der Waals surface area contributed by atoms with E-state index in [1.54, 1.807) is 18.2 Å². The molecule has 0 unspecified atom stereocenters. The molecule has 1 aromatic rings. The Kier molecular flexibility index (Phi) is 6.25. The van der Waals surface area contributed by atoms with E-state index in [4.69, 9.17) is 0 Å². The van der Waals surface area contributed by atoms with Gasteiger partial charge >= 0.3 is 0 Å². The number of amides is 1. The molecule has 1 amide bonds. The third-order valence-electron chi connectivity index (χ3n) is 3.39. The van der Waals surface area contributed by atoms with Crippen molar-refractivity contribution < 1.29 is 9.18 Å². The van der Waals surface area contributed by atoms with Crippen LogP contribution in [0.15, 0.2) is 18.2 Å². The van der Waals surface area contributed by atoms with Crippen LogP contribution in [0.5, 0.6) is 0 Å². The van der Waals surface area contributed by atoms with Gasteiger partial charge in [0.25, 0.3) is 5.91 Å². The second-order valence-electron chi connectivity index (χ2n) is 4.59. The highest BCUT2D eigenvalue weighted by Gasteiger charge is 2.22. The number of carbonyl (C=O) groups is 1. The molecule has 0 spiro atoms. The molecule has 106 valence electrons. The Labute approximate surface area is 119 Å². The molecule has 0 saturated carbocycles. The zero-order chi connectivity index (χ0) is 13.0. The van der Waals surface area contributed by atoms with Gasteiger partial charge in [-0.15, -0.1) is 12.4 Å². The average molecular weight is 287 g/mol. The van der Waals surface area contributed by atoms with E-state index in [0.29, 0.717) is 12.1 Å². The Bertz CT molecular complexity index is 433. The molecule has 2 N–H and O–H groups in total. The molecule has 0 aliphatic carbocycles. The maximum absolute atomic E-state index is 14.3. The quantitative estimate of drug-likeness (QED) is 0.896. The molecular formula is C14H20ClFN2O. The fourth-order valence-corrected chi connectivity index (χ4v) is 2.43. The highest BCUT2D eigenvalue weighted by Crippen LogP contribution is 2.28. The van der Waals surface area contributed by atoms with E-state index in [2.05, 4.69) is 10.6 Å². The lowest BCUT2D eigenvalue weighted by Gasteiger charge is -2.23. The standard InChI is InChI=1S/C14H19FN2O.ClH/c1-2-17-14(18)12-5-3-4-11(13(12)15)10-6-8-16-9-7-10;/h3-5,10,16H,2,6-9H2,1H3,(H,17,18);1H. The number of carbonyl (C=O) groups excluding carboxylic acids is 1. The van der Waals surface area contributed by atoms with Crippen LogP contribution >= 0.6 is 12.4 Å². The molecular weight excluding hydrogens is 267 g/mol. The van der Waals surface area contributed by atoms with E-state index in [1.165, 1.54) is 0 Å². The maximum Gasteiger partial charge on any atom is 0.254 e. The van der Waals surface area contributed by atoms with Gasteiger partial charge in [-0.3, -0.25) is 4.79 Å². The number of nitrogens with one attached hydrogen (secondary N) is 2. The van der Waals surface area contributed by atoms with Crippen molar-refractivity contribution in [2.75, 3.05) is 19.6 Å². The van der Waals surface area contributed by atoms with Crippen molar-refractivity contribution in [3.8, 4) is 0 Å². The average Bonchev–Trinajstić information content (AvgIpc) is 2.40. The molecule has 1 fully saturated rings. The summed E-state index contributed by atoms with van der Waals surface area (Å²) in [4.78, 5) is 11.7. The second-order valence-corrected chi connectivity index (χ2v) is 4.59. The monoisotopic (exact) mass is 286 g/mol. The fourth-order valence-electron chi connectivity index (χ4n) is 2.43. The normalized spacial score (nSPS) is 15.7. The Morgan fingerprint density at radius 2 is 2.11 bits per heavy atom. The van der Waals surface area contributed by atoms with Gasteiger partial charge in [-0.2, -0.15) is 0 Å². The Hall–Kier alpha value is -1.13. The number of benzene rings is 1. The van der Waals surface area contributed by atoms with E-state index < -0.39 is 0 Å². The number of hydrogen-bond acceptors (Lipinski definition) is 2. The van der Waals surface area contributed by atoms with Crippen LogP contribution in [-0.2, 0) is 0 Å². The SMILES string of the molecule is CCNC(=O)c1cccc(C2CCNCC2)c1F.Cl. The summed E-state index contributed by atoms with van der Waals surface area (Å²) in [7, 11) is 0. The smallest absolute Gasteiger partial charge is 0.254 e. The second kappa shape index (κ2) is 7.46. The van der Waals surface area contributed by atoms with Crippen molar-refractivity contribution in [2.24, 2.45) is 0 Å². The van der Waals surface area contributed by atoms with E-state index >= 15 is 0 Å². The molecule has 0 bridgehead atoms. The third kappa shape index (κ3) is 3.67. The number of hydrogen-bond donors (Lipinski definition) is 2. The summed E-state index contributed by atoms with van der Waals surface area (Å²) in [6, 6.07) is 5.12. The summed E-state index contributed by atoms with van der Waals surface area (Å²) >= 11 is 0. The largest absolute Gasteiger partial charge is 0.352 e. The molecule has 3 nitrogen and oxygen atoms in total. The van der Waals surface area contributed by atoms with Gasteiger partial charge in [0.15, 0.2) is 0 Å². The molecule has 0 radical (unpaired) electrons. The van der Waals surface area contributed by atoms with Gasteiger partial charge in [-0.25, -0.2) is 4.39 Å². The van der Waals surface area contributed by atoms with E-state index in [0.717, 1.165) is 25.9 Å². The fraction of sp³-hybridized carbons (Fsp3) is 0.500. The molecule has 19 heavy (non-hydrogen) atoms. The van der Waals surface area contributed by atoms with Crippen molar-refractivity contribution in [1.29, 1.82) is 0 Å². The first kappa shape index (κ1) is 15.9. The van der Waals surface area contributed by atoms with Crippen LogP contribution in [-0.4, -0.2) is 25.5 Å². The lowest BCUT2D eigenvalue weighted by Crippen LogP contribution is -2.28. The molecule has 5 heteroatoms. The topological polar surface area (TPSA) is 41.1 Å². The van der Waals surface area contributed by atoms with Crippen LogP contribution in [0.25, 0.3) is 0 Å². The third-order valence-corrected chi connectivity index (χ3v) is 3.39. The van der Waals surface area contributed by atoms with E-state index in [9.17, 15) is 9.18 Å². The van der Waals surface area contributed by atoms with Gasteiger partial charge < -0.3 is 10.6 Å². The van der Waals surface area contributed by atoms with Crippen LogP contribution in [0.3, 0.4) is 0 Å². The number of rotatable bonds is 3.